The van der Waals surface area contributed by atoms with Crippen LogP contribution in [0.4, 0.5) is 4.39 Å². The van der Waals surface area contributed by atoms with Gasteiger partial charge >= 0.3 is 0 Å². The maximum Gasteiger partial charge on any atom is 0.141 e. The molecule has 0 aliphatic heterocycles. The predicted molar refractivity (Wildman–Crippen MR) is 80.5 cm³/mol. The van der Waals surface area contributed by atoms with Crippen LogP contribution >= 0.6 is 27.5 Å². The minimum absolute atomic E-state index is 0.0658. The van der Waals surface area contributed by atoms with Crippen molar-refractivity contribution in [3.8, 4) is 5.75 Å². The van der Waals surface area contributed by atoms with Gasteiger partial charge in [0.05, 0.1) is 11.1 Å². The van der Waals surface area contributed by atoms with Gasteiger partial charge in [-0.15, -0.1) is 0 Å². The Kier molecular flexibility index (Phi) is 5.02. The van der Waals surface area contributed by atoms with Gasteiger partial charge < -0.3 is 9.84 Å². The number of aliphatic hydroxyl groups is 1. The number of benzene rings is 2. The predicted octanol–water partition coefficient (Wildman–Crippen LogP) is 4.87. The van der Waals surface area contributed by atoms with E-state index < -0.39 is 11.9 Å². The molecule has 0 aliphatic carbocycles. The van der Waals surface area contributed by atoms with E-state index in [1.807, 2.05) is 6.07 Å². The molecule has 2 rings (SSSR count). The fraction of sp³-hybridized carbons (Fsp3) is 0.200. The molecule has 0 fully saturated rings. The average molecular weight is 360 g/mol. The molecular weight excluding hydrogens is 347 g/mol. The van der Waals surface area contributed by atoms with Crippen LogP contribution in [0.5, 0.6) is 5.75 Å². The third-order valence-electron chi connectivity index (χ3n) is 2.80. The van der Waals surface area contributed by atoms with Gasteiger partial charge in [-0.1, -0.05) is 39.7 Å². The molecule has 0 radical (unpaired) electrons. The van der Waals surface area contributed by atoms with Gasteiger partial charge in [-0.05, 0) is 36.8 Å². The molecule has 2 aromatic rings. The Bertz CT molecular complexity index is 617. The molecule has 5 heteroatoms. The Morgan fingerprint density at radius 3 is 2.70 bits per heavy atom. The van der Waals surface area contributed by atoms with Gasteiger partial charge in [-0.25, -0.2) is 4.39 Å². The van der Waals surface area contributed by atoms with Crippen LogP contribution in [0.1, 0.15) is 24.2 Å². The summed E-state index contributed by atoms with van der Waals surface area (Å²) in [4.78, 5) is 0. The number of rotatable bonds is 4. The largest absolute Gasteiger partial charge is 0.488 e. The second-order valence-corrected chi connectivity index (χ2v) is 5.72. The van der Waals surface area contributed by atoms with E-state index in [-0.39, 0.29) is 11.6 Å². The highest BCUT2D eigenvalue weighted by Gasteiger charge is 2.10. The number of aliphatic hydroxyl groups excluding tert-OH is 1. The zero-order valence-electron chi connectivity index (χ0n) is 10.7. The Hall–Kier alpha value is -1.10. The molecule has 0 heterocycles. The molecule has 2 nitrogen and oxygen atoms in total. The van der Waals surface area contributed by atoms with Crippen molar-refractivity contribution in [2.75, 3.05) is 0 Å². The minimum Gasteiger partial charge on any atom is -0.488 e. The molecule has 2 aromatic carbocycles. The Morgan fingerprint density at radius 1 is 1.30 bits per heavy atom. The monoisotopic (exact) mass is 358 g/mol. The number of halogens is 3. The topological polar surface area (TPSA) is 29.5 Å². The van der Waals surface area contributed by atoms with E-state index in [9.17, 15) is 9.50 Å². The maximum absolute atomic E-state index is 13.1. The van der Waals surface area contributed by atoms with Crippen LogP contribution in [-0.2, 0) is 6.61 Å². The zero-order valence-corrected chi connectivity index (χ0v) is 13.1. The second kappa shape index (κ2) is 6.57. The minimum atomic E-state index is -0.630. The summed E-state index contributed by atoms with van der Waals surface area (Å²) in [5.41, 5.74) is 1.45. The van der Waals surface area contributed by atoms with Crippen molar-refractivity contribution >= 4 is 27.5 Å². The summed E-state index contributed by atoms with van der Waals surface area (Å²) in [6.07, 6.45) is -0.630. The van der Waals surface area contributed by atoms with Crippen molar-refractivity contribution in [2.45, 2.75) is 19.6 Å². The van der Waals surface area contributed by atoms with E-state index in [4.69, 9.17) is 16.3 Å². The highest BCUT2D eigenvalue weighted by atomic mass is 79.9. The molecule has 0 aliphatic rings. The first-order valence-corrected chi connectivity index (χ1v) is 7.18. The van der Waals surface area contributed by atoms with Gasteiger partial charge in [-0.2, -0.15) is 0 Å². The molecule has 20 heavy (non-hydrogen) atoms. The molecule has 0 unspecified atom stereocenters. The molecule has 0 aromatic heterocycles. The quantitative estimate of drug-likeness (QED) is 0.843. The summed E-state index contributed by atoms with van der Waals surface area (Å²) in [6.45, 7) is 1.92. The molecular formula is C15H13BrClFO2. The molecule has 1 N–H and O–H groups in total. The van der Waals surface area contributed by atoms with Crippen LogP contribution in [0, 0.1) is 5.82 Å². The van der Waals surface area contributed by atoms with Crippen LogP contribution in [0.2, 0.25) is 5.02 Å². The third kappa shape index (κ3) is 3.72. The fourth-order valence-corrected chi connectivity index (χ4v) is 2.31. The molecule has 0 bridgehead atoms. The molecule has 1 atom stereocenters. The summed E-state index contributed by atoms with van der Waals surface area (Å²) in [7, 11) is 0. The Labute approximate surface area is 130 Å². The van der Waals surface area contributed by atoms with Crippen molar-refractivity contribution in [1.29, 1.82) is 0 Å². The maximum atomic E-state index is 13.1. The third-order valence-corrected chi connectivity index (χ3v) is 3.59. The number of hydrogen-bond donors (Lipinski definition) is 1. The second-order valence-electron chi connectivity index (χ2n) is 4.40. The van der Waals surface area contributed by atoms with Gasteiger partial charge in [0.25, 0.3) is 0 Å². The van der Waals surface area contributed by atoms with Crippen molar-refractivity contribution in [3.63, 3.8) is 0 Å². The first kappa shape index (κ1) is 15.3. The lowest BCUT2D eigenvalue weighted by Gasteiger charge is -2.14. The van der Waals surface area contributed by atoms with Gasteiger partial charge in [0.15, 0.2) is 0 Å². The van der Waals surface area contributed by atoms with Crippen molar-refractivity contribution in [3.05, 3.63) is 62.8 Å². The Morgan fingerprint density at radius 2 is 2.05 bits per heavy atom. The normalized spacial score (nSPS) is 12.2. The molecule has 0 saturated carbocycles. The molecule has 0 saturated heterocycles. The van der Waals surface area contributed by atoms with E-state index in [2.05, 4.69) is 15.9 Å². The highest BCUT2D eigenvalue weighted by Crippen LogP contribution is 2.29. The van der Waals surface area contributed by atoms with Crippen molar-refractivity contribution in [1.82, 2.24) is 0 Å². The summed E-state index contributed by atoms with van der Waals surface area (Å²) >= 11 is 9.08. The lowest BCUT2D eigenvalue weighted by molar-refractivity contribution is 0.190. The van der Waals surface area contributed by atoms with E-state index >= 15 is 0 Å². The first-order valence-electron chi connectivity index (χ1n) is 6.01. The van der Waals surface area contributed by atoms with Gasteiger partial charge in [0.1, 0.15) is 18.2 Å². The van der Waals surface area contributed by atoms with Crippen molar-refractivity contribution in [2.24, 2.45) is 0 Å². The standard InChI is InChI=1S/C15H13BrClFO2/c1-9(19)12-4-3-11(16)7-15(12)20-8-10-2-5-14(18)13(17)6-10/h2-7,9,19H,8H2,1H3/t9-/m1/s1. The van der Waals surface area contributed by atoms with E-state index in [1.165, 1.54) is 12.1 Å². The Balaban J connectivity index is 2.17. The van der Waals surface area contributed by atoms with E-state index in [0.29, 0.717) is 11.3 Å². The van der Waals surface area contributed by atoms with Gasteiger partial charge in [-0.3, -0.25) is 0 Å². The summed E-state index contributed by atoms with van der Waals surface area (Å²) in [5.74, 6) is 0.123. The summed E-state index contributed by atoms with van der Waals surface area (Å²) < 4.78 is 19.6. The number of hydrogen-bond acceptors (Lipinski definition) is 2. The number of ether oxygens (including phenoxy) is 1. The van der Waals surface area contributed by atoms with Crippen LogP contribution in [0.15, 0.2) is 40.9 Å². The van der Waals surface area contributed by atoms with Crippen LogP contribution in [-0.4, -0.2) is 5.11 Å². The molecule has 0 spiro atoms. The smallest absolute Gasteiger partial charge is 0.141 e. The highest BCUT2D eigenvalue weighted by molar-refractivity contribution is 9.10. The molecule has 106 valence electrons. The van der Waals surface area contributed by atoms with Gasteiger partial charge in [0.2, 0.25) is 0 Å². The lowest BCUT2D eigenvalue weighted by Crippen LogP contribution is -2.01. The van der Waals surface area contributed by atoms with Crippen LogP contribution in [0.3, 0.4) is 0 Å². The summed E-state index contributed by atoms with van der Waals surface area (Å²) in [6, 6.07) is 9.86. The first-order chi connectivity index (χ1) is 9.47. The SMILES string of the molecule is C[C@@H](O)c1ccc(Br)cc1OCc1ccc(F)c(Cl)c1. The zero-order chi connectivity index (χ0) is 14.7. The van der Waals surface area contributed by atoms with E-state index in [1.54, 1.807) is 25.1 Å². The van der Waals surface area contributed by atoms with Gasteiger partial charge in [0, 0.05) is 10.0 Å². The van der Waals surface area contributed by atoms with Crippen molar-refractivity contribution < 1.29 is 14.2 Å². The van der Waals surface area contributed by atoms with Crippen LogP contribution < -0.4 is 4.74 Å². The summed E-state index contributed by atoms with van der Waals surface area (Å²) in [5, 5.41) is 9.77. The van der Waals surface area contributed by atoms with E-state index in [0.717, 1.165) is 10.0 Å². The fourth-order valence-electron chi connectivity index (χ4n) is 1.77. The molecule has 0 amide bonds. The lowest BCUT2D eigenvalue weighted by atomic mass is 10.1. The average Bonchev–Trinajstić information content (AvgIpc) is 2.40. The van der Waals surface area contributed by atoms with Crippen LogP contribution in [0.25, 0.3) is 0 Å².